The molecule has 3 aromatic rings. The number of nitrogens with one attached hydrogen (secondary N) is 2. The van der Waals surface area contributed by atoms with Crippen molar-refractivity contribution in [3.8, 4) is 0 Å². The molecular weight excluding hydrogens is 493 g/mol. The predicted molar refractivity (Wildman–Crippen MR) is 136 cm³/mol. The Bertz CT molecular complexity index is 1260. The fourth-order valence-electron chi connectivity index (χ4n) is 3.38. The van der Waals surface area contributed by atoms with Gasteiger partial charge in [0, 0.05) is 0 Å². The number of benzene rings is 2. The molecule has 0 saturated heterocycles. The Morgan fingerprint density at radius 1 is 1.06 bits per heavy atom. The van der Waals surface area contributed by atoms with Gasteiger partial charge in [-0.15, -0.1) is 12.4 Å². The number of carboxylic acid groups (broad SMARTS) is 1. The van der Waals surface area contributed by atoms with Gasteiger partial charge >= 0.3 is 5.97 Å². The molecule has 3 rings (SSSR count). The van der Waals surface area contributed by atoms with Crippen LogP contribution in [0.5, 0.6) is 0 Å². The summed E-state index contributed by atoms with van der Waals surface area (Å²) in [5.74, 6) is -1.40. The van der Waals surface area contributed by atoms with Crippen LogP contribution in [0.2, 0.25) is 0 Å². The van der Waals surface area contributed by atoms with E-state index in [0.717, 1.165) is 17.2 Å². The van der Waals surface area contributed by atoms with E-state index in [-0.39, 0.29) is 35.7 Å². The van der Waals surface area contributed by atoms with Crippen molar-refractivity contribution in [1.82, 2.24) is 9.71 Å². The highest BCUT2D eigenvalue weighted by molar-refractivity contribution is 7.89. The molecule has 0 aliphatic heterocycles. The van der Waals surface area contributed by atoms with Gasteiger partial charge in [0.25, 0.3) is 0 Å². The van der Waals surface area contributed by atoms with Gasteiger partial charge in [0.15, 0.2) is 0 Å². The molecule has 1 unspecified atom stereocenters. The third-order valence-electron chi connectivity index (χ3n) is 5.21. The molecule has 0 aliphatic rings. The first-order valence-corrected chi connectivity index (χ1v) is 12.2. The van der Waals surface area contributed by atoms with Gasteiger partial charge in [0.2, 0.25) is 10.0 Å². The van der Waals surface area contributed by atoms with Gasteiger partial charge in [0.1, 0.15) is 18.2 Å². The Balaban J connectivity index is 0.00000432. The third-order valence-corrected chi connectivity index (χ3v) is 6.68. The fourth-order valence-corrected chi connectivity index (χ4v) is 4.62. The Hall–Kier alpha value is -3.01. The Labute approximate surface area is 211 Å². The lowest BCUT2D eigenvalue weighted by atomic mass is 9.86. The van der Waals surface area contributed by atoms with E-state index in [0.29, 0.717) is 11.5 Å². The second-order valence-electron chi connectivity index (χ2n) is 8.98. The van der Waals surface area contributed by atoms with E-state index in [4.69, 9.17) is 5.11 Å². The number of carbonyl (C=O) groups is 1. The van der Waals surface area contributed by atoms with Gasteiger partial charge in [-0.25, -0.2) is 22.5 Å². The fraction of sp³-hybridized carbons (Fsp3) is 0.280. The van der Waals surface area contributed by atoms with Crippen LogP contribution >= 0.6 is 12.4 Å². The van der Waals surface area contributed by atoms with Gasteiger partial charge in [-0.3, -0.25) is 4.79 Å². The van der Waals surface area contributed by atoms with E-state index in [2.05, 4.69) is 35.8 Å². The maximum atomic E-state index is 13.7. The number of anilines is 1. The van der Waals surface area contributed by atoms with E-state index < -0.39 is 27.9 Å². The van der Waals surface area contributed by atoms with Gasteiger partial charge in [-0.1, -0.05) is 57.2 Å². The normalized spacial score (nSPS) is 12.5. The largest absolute Gasteiger partial charge is 0.480 e. The summed E-state index contributed by atoms with van der Waals surface area (Å²) >= 11 is 0. The van der Waals surface area contributed by atoms with Crippen molar-refractivity contribution >= 4 is 34.2 Å². The van der Waals surface area contributed by atoms with E-state index in [1.807, 2.05) is 24.3 Å². The summed E-state index contributed by atoms with van der Waals surface area (Å²) in [4.78, 5) is 15.1. The molecule has 0 radical (unpaired) electrons. The monoisotopic (exact) mass is 521 g/mol. The van der Waals surface area contributed by atoms with Crippen LogP contribution < -0.4 is 10.0 Å². The molecule has 35 heavy (non-hydrogen) atoms. The molecule has 7 nitrogen and oxygen atoms in total. The molecule has 10 heteroatoms. The summed E-state index contributed by atoms with van der Waals surface area (Å²) in [6, 6.07) is 16.8. The summed E-state index contributed by atoms with van der Waals surface area (Å²) in [5, 5.41) is 11.6. The number of carboxylic acids is 1. The second-order valence-corrected chi connectivity index (χ2v) is 10.7. The molecular formula is C25H29ClFN3O4S. The Kier molecular flexibility index (Phi) is 9.37. The number of aliphatic carboxylic acids is 1. The predicted octanol–water partition coefficient (Wildman–Crippen LogP) is 4.70. The van der Waals surface area contributed by atoms with Crippen LogP contribution in [-0.4, -0.2) is 31.0 Å². The van der Waals surface area contributed by atoms with Crippen LogP contribution in [0.3, 0.4) is 0 Å². The number of halogens is 2. The van der Waals surface area contributed by atoms with E-state index in [1.165, 1.54) is 18.2 Å². The molecule has 1 heterocycles. The maximum Gasteiger partial charge on any atom is 0.322 e. The van der Waals surface area contributed by atoms with Crippen LogP contribution in [-0.2, 0) is 26.7 Å². The van der Waals surface area contributed by atoms with Crippen LogP contribution in [0.1, 0.15) is 43.6 Å². The highest BCUT2D eigenvalue weighted by Gasteiger charge is 2.24. The smallest absolute Gasteiger partial charge is 0.322 e. The van der Waals surface area contributed by atoms with Crippen LogP contribution in [0.4, 0.5) is 10.2 Å². The highest BCUT2D eigenvalue weighted by Crippen LogP contribution is 2.25. The Morgan fingerprint density at radius 2 is 1.71 bits per heavy atom. The van der Waals surface area contributed by atoms with Gasteiger partial charge in [0.05, 0.1) is 16.6 Å². The SMILES string of the molecule is CC(C)(C)c1ccc(CC(NS(=O)(=O)c2cccc(F)c2)c2cccc(NCC(=O)O)n2)cc1.Cl. The average Bonchev–Trinajstić information content (AvgIpc) is 2.77. The number of hydrogen-bond acceptors (Lipinski definition) is 5. The van der Waals surface area contributed by atoms with E-state index >= 15 is 0 Å². The molecule has 2 aromatic carbocycles. The first-order valence-electron chi connectivity index (χ1n) is 10.7. The van der Waals surface area contributed by atoms with Crippen molar-refractivity contribution in [3.05, 3.63) is 89.4 Å². The average molecular weight is 522 g/mol. The van der Waals surface area contributed by atoms with Crippen molar-refractivity contribution in [3.63, 3.8) is 0 Å². The first-order chi connectivity index (χ1) is 15.9. The van der Waals surface area contributed by atoms with Crippen molar-refractivity contribution in [2.24, 2.45) is 0 Å². The van der Waals surface area contributed by atoms with Crippen molar-refractivity contribution in [2.45, 2.75) is 43.5 Å². The zero-order valence-electron chi connectivity index (χ0n) is 19.7. The van der Waals surface area contributed by atoms with Crippen LogP contribution in [0.15, 0.2) is 71.6 Å². The summed E-state index contributed by atoms with van der Waals surface area (Å²) in [6.07, 6.45) is 0.286. The minimum Gasteiger partial charge on any atom is -0.480 e. The molecule has 1 aromatic heterocycles. The summed E-state index contributed by atoms with van der Waals surface area (Å²) in [6.45, 7) is 6.00. The molecule has 0 amide bonds. The Morgan fingerprint density at radius 3 is 2.31 bits per heavy atom. The van der Waals surface area contributed by atoms with E-state index in [9.17, 15) is 17.6 Å². The first kappa shape index (κ1) is 28.2. The van der Waals surface area contributed by atoms with Gasteiger partial charge in [-0.2, -0.15) is 0 Å². The van der Waals surface area contributed by atoms with Gasteiger partial charge in [-0.05, 0) is 53.3 Å². The number of pyridine rings is 1. The molecule has 0 aliphatic carbocycles. The molecule has 1 atom stereocenters. The maximum absolute atomic E-state index is 13.7. The van der Waals surface area contributed by atoms with Crippen molar-refractivity contribution < 1.29 is 22.7 Å². The quantitative estimate of drug-likeness (QED) is 0.376. The van der Waals surface area contributed by atoms with Crippen molar-refractivity contribution in [2.75, 3.05) is 11.9 Å². The molecule has 0 saturated carbocycles. The number of sulfonamides is 1. The lowest BCUT2D eigenvalue weighted by Crippen LogP contribution is -2.31. The lowest BCUT2D eigenvalue weighted by Gasteiger charge is -2.21. The summed E-state index contributed by atoms with van der Waals surface area (Å²) < 4.78 is 42.4. The number of rotatable bonds is 9. The van der Waals surface area contributed by atoms with Crippen molar-refractivity contribution in [1.29, 1.82) is 0 Å². The standard InChI is InChI=1S/C25H28FN3O4S.ClH/c1-25(2,3)18-12-10-17(11-13-18)14-22(21-8-5-9-23(28-21)27-16-24(30)31)29-34(32,33)20-7-4-6-19(26)15-20;/h4-13,15,22,29H,14,16H2,1-3H3,(H,27,28)(H,30,31);1H. The van der Waals surface area contributed by atoms with E-state index in [1.54, 1.807) is 18.2 Å². The zero-order valence-corrected chi connectivity index (χ0v) is 21.3. The molecule has 0 bridgehead atoms. The van der Waals surface area contributed by atoms with Gasteiger partial charge < -0.3 is 10.4 Å². The summed E-state index contributed by atoms with van der Waals surface area (Å²) in [7, 11) is -4.06. The minimum absolute atomic E-state index is 0. The lowest BCUT2D eigenvalue weighted by molar-refractivity contribution is -0.134. The molecule has 188 valence electrons. The third kappa shape index (κ3) is 8.02. The minimum atomic E-state index is -4.06. The number of nitrogens with zero attached hydrogens (tertiary/aromatic N) is 1. The topological polar surface area (TPSA) is 108 Å². The second kappa shape index (κ2) is 11.6. The molecule has 0 fully saturated rings. The molecule has 0 spiro atoms. The molecule has 3 N–H and O–H groups in total. The van der Waals surface area contributed by atoms with Crippen LogP contribution in [0, 0.1) is 5.82 Å². The number of hydrogen-bond donors (Lipinski definition) is 3. The number of aromatic nitrogens is 1. The zero-order chi connectivity index (χ0) is 24.9. The van der Waals surface area contributed by atoms with Crippen LogP contribution in [0.25, 0.3) is 0 Å². The highest BCUT2D eigenvalue weighted by atomic mass is 35.5. The summed E-state index contributed by atoms with van der Waals surface area (Å²) in [5.41, 5.74) is 2.40.